The predicted molar refractivity (Wildman–Crippen MR) is 102 cm³/mol. The number of benzene rings is 2. The molecule has 0 heterocycles. The van der Waals surface area contributed by atoms with Crippen LogP contribution in [0.15, 0.2) is 48.5 Å². The number of carbonyl (C=O) groups is 2. The van der Waals surface area contributed by atoms with Crippen LogP contribution in [0, 0.1) is 0 Å². The molecule has 6 heteroatoms. The molecular weight excluding hydrogens is 346 g/mol. The van der Waals surface area contributed by atoms with Crippen molar-refractivity contribution in [3.05, 3.63) is 59.7 Å². The highest BCUT2D eigenvalue weighted by molar-refractivity contribution is 5.81. The molecule has 0 radical (unpaired) electrons. The lowest BCUT2D eigenvalue weighted by Gasteiger charge is -2.21. The maximum Gasteiger partial charge on any atom is 0.323 e. The summed E-state index contributed by atoms with van der Waals surface area (Å²) >= 11 is 0. The van der Waals surface area contributed by atoms with Crippen LogP contribution in [-0.2, 0) is 22.4 Å². The molecule has 27 heavy (non-hydrogen) atoms. The second-order valence-electron chi connectivity index (χ2n) is 6.12. The van der Waals surface area contributed by atoms with E-state index in [2.05, 4.69) is 0 Å². The van der Waals surface area contributed by atoms with Gasteiger partial charge in [-0.1, -0.05) is 30.3 Å². The van der Waals surface area contributed by atoms with Gasteiger partial charge in [0.25, 0.3) is 0 Å². The summed E-state index contributed by atoms with van der Waals surface area (Å²) in [5.41, 5.74) is 1.92. The molecule has 0 saturated heterocycles. The van der Waals surface area contributed by atoms with Gasteiger partial charge in [0.1, 0.15) is 18.0 Å². The van der Waals surface area contributed by atoms with E-state index in [4.69, 9.17) is 14.6 Å². The molecule has 0 fully saturated rings. The number of carbonyl (C=O) groups excluding carboxylic acids is 1. The SMILES string of the molecule is COc1ccc(OC)c(CCC(=O)N(CCc2ccccc2)CC(=O)O)c1. The fourth-order valence-corrected chi connectivity index (χ4v) is 2.84. The summed E-state index contributed by atoms with van der Waals surface area (Å²) in [5, 5.41) is 9.14. The van der Waals surface area contributed by atoms with Crippen LogP contribution in [0.4, 0.5) is 0 Å². The molecule has 0 atom stereocenters. The zero-order chi connectivity index (χ0) is 19.6. The summed E-state index contributed by atoms with van der Waals surface area (Å²) in [4.78, 5) is 25.2. The van der Waals surface area contributed by atoms with Gasteiger partial charge < -0.3 is 19.5 Å². The van der Waals surface area contributed by atoms with Gasteiger partial charge in [-0.15, -0.1) is 0 Å². The number of methoxy groups -OCH3 is 2. The molecular formula is C21H25NO5. The van der Waals surface area contributed by atoms with Crippen molar-refractivity contribution in [2.45, 2.75) is 19.3 Å². The Bertz CT molecular complexity index is 760. The Morgan fingerprint density at radius 2 is 1.74 bits per heavy atom. The fourth-order valence-electron chi connectivity index (χ4n) is 2.84. The Morgan fingerprint density at radius 1 is 1.00 bits per heavy atom. The first-order valence-corrected chi connectivity index (χ1v) is 8.78. The van der Waals surface area contributed by atoms with Crippen molar-refractivity contribution in [3.63, 3.8) is 0 Å². The van der Waals surface area contributed by atoms with E-state index in [1.165, 1.54) is 4.90 Å². The number of rotatable bonds is 10. The zero-order valence-electron chi connectivity index (χ0n) is 15.7. The first kappa shape index (κ1) is 20.3. The molecule has 0 unspecified atom stereocenters. The zero-order valence-corrected chi connectivity index (χ0v) is 15.7. The predicted octanol–water partition coefficient (Wildman–Crippen LogP) is 2.79. The van der Waals surface area contributed by atoms with Gasteiger partial charge >= 0.3 is 5.97 Å². The highest BCUT2D eigenvalue weighted by Gasteiger charge is 2.17. The minimum Gasteiger partial charge on any atom is -0.497 e. The molecule has 1 N–H and O–H groups in total. The number of aryl methyl sites for hydroxylation is 1. The average Bonchev–Trinajstić information content (AvgIpc) is 2.69. The molecule has 2 aromatic carbocycles. The molecule has 1 amide bonds. The lowest BCUT2D eigenvalue weighted by atomic mass is 10.1. The maximum absolute atomic E-state index is 12.6. The van der Waals surface area contributed by atoms with Crippen LogP contribution in [0.3, 0.4) is 0 Å². The number of carboxylic acid groups (broad SMARTS) is 1. The van der Waals surface area contributed by atoms with Crippen LogP contribution in [-0.4, -0.2) is 49.2 Å². The Labute approximate surface area is 159 Å². The van der Waals surface area contributed by atoms with E-state index in [0.717, 1.165) is 11.1 Å². The number of amides is 1. The van der Waals surface area contributed by atoms with Crippen LogP contribution in [0.5, 0.6) is 11.5 Å². The van der Waals surface area contributed by atoms with Gasteiger partial charge in [-0.25, -0.2) is 0 Å². The third kappa shape index (κ3) is 6.33. The molecule has 0 aliphatic heterocycles. The smallest absolute Gasteiger partial charge is 0.323 e. The quantitative estimate of drug-likeness (QED) is 0.695. The van der Waals surface area contributed by atoms with Crippen molar-refractivity contribution in [2.75, 3.05) is 27.3 Å². The molecule has 6 nitrogen and oxygen atoms in total. The van der Waals surface area contributed by atoms with Crippen molar-refractivity contribution in [2.24, 2.45) is 0 Å². The lowest BCUT2D eigenvalue weighted by Crippen LogP contribution is -2.37. The van der Waals surface area contributed by atoms with E-state index >= 15 is 0 Å². The molecule has 0 aromatic heterocycles. The molecule has 2 aromatic rings. The van der Waals surface area contributed by atoms with Crippen molar-refractivity contribution in [1.82, 2.24) is 4.90 Å². The van der Waals surface area contributed by atoms with Crippen molar-refractivity contribution in [3.8, 4) is 11.5 Å². The van der Waals surface area contributed by atoms with E-state index in [-0.39, 0.29) is 18.9 Å². The van der Waals surface area contributed by atoms with E-state index < -0.39 is 5.97 Å². The summed E-state index contributed by atoms with van der Waals surface area (Å²) in [6.45, 7) is 0.0608. The van der Waals surface area contributed by atoms with E-state index in [9.17, 15) is 9.59 Å². The Morgan fingerprint density at radius 3 is 2.37 bits per heavy atom. The van der Waals surface area contributed by atoms with Gasteiger partial charge in [-0.05, 0) is 42.2 Å². The first-order chi connectivity index (χ1) is 13.0. The number of ether oxygens (including phenoxy) is 2. The van der Waals surface area contributed by atoms with Gasteiger partial charge in [-0.3, -0.25) is 9.59 Å². The standard InChI is InChI=1S/C21H25NO5/c1-26-18-9-10-19(27-2)17(14-18)8-11-20(23)22(15-21(24)25)13-12-16-6-4-3-5-7-16/h3-7,9-10,14H,8,11-13,15H2,1-2H3,(H,24,25). The lowest BCUT2D eigenvalue weighted by molar-refractivity contribution is -0.144. The minimum atomic E-state index is -1.02. The first-order valence-electron chi connectivity index (χ1n) is 8.78. The monoisotopic (exact) mass is 371 g/mol. The number of carboxylic acids is 1. The summed E-state index contributed by atoms with van der Waals surface area (Å²) in [6.07, 6.45) is 1.26. The van der Waals surface area contributed by atoms with Crippen LogP contribution >= 0.6 is 0 Å². The second kappa shape index (κ2) is 10.2. The topological polar surface area (TPSA) is 76.1 Å². The highest BCUT2D eigenvalue weighted by Crippen LogP contribution is 2.25. The van der Waals surface area contributed by atoms with E-state index in [0.29, 0.717) is 30.9 Å². The van der Waals surface area contributed by atoms with E-state index in [1.54, 1.807) is 26.4 Å². The maximum atomic E-state index is 12.6. The Balaban J connectivity index is 2.01. The number of hydrogen-bond acceptors (Lipinski definition) is 4. The molecule has 144 valence electrons. The molecule has 0 spiro atoms. The van der Waals surface area contributed by atoms with Crippen molar-refractivity contribution < 1.29 is 24.2 Å². The second-order valence-corrected chi connectivity index (χ2v) is 6.12. The van der Waals surface area contributed by atoms with Crippen LogP contribution in [0.25, 0.3) is 0 Å². The van der Waals surface area contributed by atoms with Gasteiger partial charge in [0.05, 0.1) is 14.2 Å². The number of hydrogen-bond donors (Lipinski definition) is 1. The summed E-state index contributed by atoms with van der Waals surface area (Å²) in [7, 11) is 3.15. The van der Waals surface area contributed by atoms with Crippen LogP contribution in [0.1, 0.15) is 17.5 Å². The Hall–Kier alpha value is -3.02. The van der Waals surface area contributed by atoms with Gasteiger partial charge in [0.15, 0.2) is 0 Å². The largest absolute Gasteiger partial charge is 0.497 e. The number of nitrogens with zero attached hydrogens (tertiary/aromatic N) is 1. The summed E-state index contributed by atoms with van der Waals surface area (Å²) in [5.74, 6) is 0.149. The van der Waals surface area contributed by atoms with Crippen LogP contribution in [0.2, 0.25) is 0 Å². The number of aliphatic carboxylic acids is 1. The summed E-state index contributed by atoms with van der Waals surface area (Å²) in [6, 6.07) is 15.1. The minimum absolute atomic E-state index is 0.196. The molecule has 0 aliphatic carbocycles. The Kier molecular flexibility index (Phi) is 7.67. The third-order valence-electron chi connectivity index (χ3n) is 4.29. The van der Waals surface area contributed by atoms with Gasteiger partial charge in [0.2, 0.25) is 5.91 Å². The highest BCUT2D eigenvalue weighted by atomic mass is 16.5. The average molecular weight is 371 g/mol. The molecule has 0 saturated carbocycles. The fraction of sp³-hybridized carbons (Fsp3) is 0.333. The third-order valence-corrected chi connectivity index (χ3v) is 4.29. The van der Waals surface area contributed by atoms with Crippen molar-refractivity contribution >= 4 is 11.9 Å². The summed E-state index contributed by atoms with van der Waals surface area (Å²) < 4.78 is 10.6. The normalized spacial score (nSPS) is 10.3. The van der Waals surface area contributed by atoms with Gasteiger partial charge in [0, 0.05) is 13.0 Å². The van der Waals surface area contributed by atoms with E-state index in [1.807, 2.05) is 36.4 Å². The van der Waals surface area contributed by atoms with Crippen LogP contribution < -0.4 is 9.47 Å². The van der Waals surface area contributed by atoms with Crippen molar-refractivity contribution in [1.29, 1.82) is 0 Å². The van der Waals surface area contributed by atoms with Gasteiger partial charge in [-0.2, -0.15) is 0 Å². The molecule has 0 bridgehead atoms. The molecule has 2 rings (SSSR count). The molecule has 0 aliphatic rings.